The molecular formula is C11H22N4O. The molecule has 0 amide bonds. The minimum absolute atomic E-state index is 0.220. The zero-order valence-corrected chi connectivity index (χ0v) is 10.7. The van der Waals surface area contributed by atoms with Gasteiger partial charge >= 0.3 is 0 Å². The van der Waals surface area contributed by atoms with Crippen molar-refractivity contribution < 1.29 is 4.74 Å². The summed E-state index contributed by atoms with van der Waals surface area (Å²) in [4.78, 5) is 4.50. The highest BCUT2D eigenvalue weighted by Crippen LogP contribution is 2.10. The molecule has 1 unspecified atom stereocenters. The Morgan fingerprint density at radius 3 is 2.62 bits per heavy atom. The number of rotatable bonds is 7. The molecule has 0 radical (unpaired) electrons. The Balaban J connectivity index is 2.91. The minimum atomic E-state index is 0.220. The Morgan fingerprint density at radius 2 is 2.12 bits per heavy atom. The summed E-state index contributed by atoms with van der Waals surface area (Å²) in [5.74, 6) is 1.95. The summed E-state index contributed by atoms with van der Waals surface area (Å²) >= 11 is 0. The molecule has 0 saturated heterocycles. The molecule has 0 aliphatic carbocycles. The van der Waals surface area contributed by atoms with Gasteiger partial charge in [-0.2, -0.15) is 5.10 Å². The van der Waals surface area contributed by atoms with Gasteiger partial charge in [0.25, 0.3) is 0 Å². The van der Waals surface area contributed by atoms with Crippen LogP contribution in [-0.4, -0.2) is 42.1 Å². The Morgan fingerprint density at radius 1 is 1.38 bits per heavy atom. The number of hydrogen-bond donors (Lipinski definition) is 1. The molecular weight excluding hydrogens is 204 g/mol. The number of ether oxygens (including phenoxy) is 1. The van der Waals surface area contributed by atoms with Gasteiger partial charge in [-0.3, -0.25) is 0 Å². The number of hydrogen-bond acceptors (Lipinski definition) is 4. The minimum Gasteiger partial charge on any atom is -0.382 e. The first kappa shape index (κ1) is 13.1. The number of likely N-dealkylation sites (N-methyl/N-ethyl adjacent to an activating group) is 1. The van der Waals surface area contributed by atoms with E-state index in [9.17, 15) is 0 Å². The predicted molar refractivity (Wildman–Crippen MR) is 63.6 cm³/mol. The summed E-state index contributed by atoms with van der Waals surface area (Å²) in [7, 11) is 3.65. The highest BCUT2D eigenvalue weighted by molar-refractivity contribution is 4.95. The average Bonchev–Trinajstić information content (AvgIpc) is 2.72. The quantitative estimate of drug-likeness (QED) is 0.747. The van der Waals surface area contributed by atoms with Crippen LogP contribution < -0.4 is 5.32 Å². The van der Waals surface area contributed by atoms with Gasteiger partial charge in [-0.1, -0.05) is 13.8 Å². The number of nitrogens with one attached hydrogen (secondary N) is 1. The zero-order valence-electron chi connectivity index (χ0n) is 10.7. The maximum atomic E-state index is 5.22. The molecule has 0 spiro atoms. The van der Waals surface area contributed by atoms with E-state index in [1.807, 2.05) is 11.7 Å². The molecule has 16 heavy (non-hydrogen) atoms. The van der Waals surface area contributed by atoms with E-state index in [4.69, 9.17) is 4.74 Å². The van der Waals surface area contributed by atoms with Crippen LogP contribution in [0.4, 0.5) is 0 Å². The van der Waals surface area contributed by atoms with E-state index in [0.717, 1.165) is 31.0 Å². The van der Waals surface area contributed by atoms with Crippen molar-refractivity contribution in [2.45, 2.75) is 32.7 Å². The van der Waals surface area contributed by atoms with Gasteiger partial charge in [-0.25, -0.2) is 9.67 Å². The number of aryl methyl sites for hydroxylation is 2. The maximum Gasteiger partial charge on any atom is 0.150 e. The maximum absolute atomic E-state index is 5.22. The molecule has 0 aliphatic rings. The summed E-state index contributed by atoms with van der Waals surface area (Å²) in [5.41, 5.74) is 0. The molecule has 1 rings (SSSR count). The first-order valence-electron chi connectivity index (χ1n) is 5.84. The van der Waals surface area contributed by atoms with Crippen LogP contribution >= 0.6 is 0 Å². The molecule has 1 aromatic rings. The smallest absolute Gasteiger partial charge is 0.150 e. The lowest BCUT2D eigenvalue weighted by Gasteiger charge is -2.17. The lowest BCUT2D eigenvalue weighted by molar-refractivity contribution is 0.147. The van der Waals surface area contributed by atoms with Crippen molar-refractivity contribution >= 4 is 0 Å². The average molecular weight is 226 g/mol. The van der Waals surface area contributed by atoms with Crippen LogP contribution in [0.5, 0.6) is 0 Å². The first-order valence-corrected chi connectivity index (χ1v) is 5.84. The SMILES string of the molecule is CCc1nc(CC)n(C(CNC)COC)n1. The number of nitrogens with zero attached hydrogens (tertiary/aromatic N) is 3. The molecule has 1 N–H and O–H groups in total. The van der Waals surface area contributed by atoms with E-state index in [1.54, 1.807) is 7.11 Å². The molecule has 0 aromatic carbocycles. The number of methoxy groups -OCH3 is 1. The fraction of sp³-hybridized carbons (Fsp3) is 0.818. The molecule has 5 nitrogen and oxygen atoms in total. The molecule has 0 saturated carbocycles. The van der Waals surface area contributed by atoms with Gasteiger partial charge in [-0.05, 0) is 7.05 Å². The third kappa shape index (κ3) is 3.02. The topological polar surface area (TPSA) is 52.0 Å². The fourth-order valence-electron chi connectivity index (χ4n) is 1.73. The van der Waals surface area contributed by atoms with E-state index >= 15 is 0 Å². The van der Waals surface area contributed by atoms with Gasteiger partial charge in [0, 0.05) is 26.5 Å². The van der Waals surface area contributed by atoms with Gasteiger partial charge in [-0.15, -0.1) is 0 Å². The second-order valence-electron chi connectivity index (χ2n) is 3.76. The summed E-state index contributed by atoms with van der Waals surface area (Å²) < 4.78 is 7.22. The molecule has 0 bridgehead atoms. The van der Waals surface area contributed by atoms with Crippen LogP contribution in [0.2, 0.25) is 0 Å². The van der Waals surface area contributed by atoms with E-state index in [2.05, 4.69) is 29.2 Å². The molecule has 0 fully saturated rings. The van der Waals surface area contributed by atoms with Crippen LogP contribution in [-0.2, 0) is 17.6 Å². The lowest BCUT2D eigenvalue weighted by Crippen LogP contribution is -2.28. The molecule has 0 aliphatic heterocycles. The monoisotopic (exact) mass is 226 g/mol. The van der Waals surface area contributed by atoms with Crippen LogP contribution in [0.15, 0.2) is 0 Å². The molecule has 92 valence electrons. The van der Waals surface area contributed by atoms with E-state index in [1.165, 1.54) is 0 Å². The van der Waals surface area contributed by atoms with Crippen molar-refractivity contribution in [1.29, 1.82) is 0 Å². The normalized spacial score (nSPS) is 13.0. The van der Waals surface area contributed by atoms with E-state index < -0.39 is 0 Å². The molecule has 5 heteroatoms. The Hall–Kier alpha value is -0.940. The Kier molecular flexibility index (Phi) is 5.42. The van der Waals surface area contributed by atoms with Crippen molar-refractivity contribution in [3.63, 3.8) is 0 Å². The van der Waals surface area contributed by atoms with Crippen molar-refractivity contribution in [3.05, 3.63) is 11.6 Å². The largest absolute Gasteiger partial charge is 0.382 e. The van der Waals surface area contributed by atoms with Crippen molar-refractivity contribution in [2.24, 2.45) is 0 Å². The predicted octanol–water partition coefficient (Wildman–Crippen LogP) is 0.810. The van der Waals surface area contributed by atoms with E-state index in [-0.39, 0.29) is 6.04 Å². The van der Waals surface area contributed by atoms with Gasteiger partial charge in [0.15, 0.2) is 5.82 Å². The summed E-state index contributed by atoms with van der Waals surface area (Å²) in [6, 6.07) is 0.220. The van der Waals surface area contributed by atoms with Gasteiger partial charge in [0.05, 0.1) is 12.6 Å². The van der Waals surface area contributed by atoms with Crippen LogP contribution in [0.1, 0.15) is 31.5 Å². The molecule has 1 atom stereocenters. The standard InChI is InChI=1S/C11H22N4O/c1-5-10-13-11(6-2)15(14-10)9(7-12-3)8-16-4/h9,12H,5-8H2,1-4H3. The summed E-state index contributed by atoms with van der Waals surface area (Å²) in [5, 5.41) is 7.68. The fourth-order valence-corrected chi connectivity index (χ4v) is 1.73. The van der Waals surface area contributed by atoms with Gasteiger partial charge in [0.1, 0.15) is 5.82 Å². The summed E-state index contributed by atoms with van der Waals surface area (Å²) in [6.45, 7) is 5.67. The second-order valence-corrected chi connectivity index (χ2v) is 3.76. The van der Waals surface area contributed by atoms with E-state index in [0.29, 0.717) is 6.61 Å². The van der Waals surface area contributed by atoms with Crippen LogP contribution in [0, 0.1) is 0 Å². The first-order chi connectivity index (χ1) is 7.76. The molecule has 1 aromatic heterocycles. The van der Waals surface area contributed by atoms with Crippen LogP contribution in [0.3, 0.4) is 0 Å². The van der Waals surface area contributed by atoms with Crippen molar-refractivity contribution in [1.82, 2.24) is 20.1 Å². The lowest BCUT2D eigenvalue weighted by atomic mass is 10.3. The van der Waals surface area contributed by atoms with Crippen molar-refractivity contribution in [2.75, 3.05) is 27.3 Å². The third-order valence-corrected chi connectivity index (χ3v) is 2.52. The number of aromatic nitrogens is 3. The van der Waals surface area contributed by atoms with Crippen LogP contribution in [0.25, 0.3) is 0 Å². The third-order valence-electron chi connectivity index (χ3n) is 2.52. The Labute approximate surface area is 97.2 Å². The second kappa shape index (κ2) is 6.60. The highest BCUT2D eigenvalue weighted by atomic mass is 16.5. The highest BCUT2D eigenvalue weighted by Gasteiger charge is 2.16. The van der Waals surface area contributed by atoms with Crippen molar-refractivity contribution in [3.8, 4) is 0 Å². The molecule has 1 heterocycles. The van der Waals surface area contributed by atoms with Gasteiger partial charge in [0.2, 0.25) is 0 Å². The zero-order chi connectivity index (χ0) is 12.0. The summed E-state index contributed by atoms with van der Waals surface area (Å²) in [6.07, 6.45) is 1.77. The Bertz CT molecular complexity index is 305. The van der Waals surface area contributed by atoms with Gasteiger partial charge < -0.3 is 10.1 Å².